The van der Waals surface area contributed by atoms with Crippen molar-refractivity contribution >= 4 is 5.91 Å². The fourth-order valence-corrected chi connectivity index (χ4v) is 11.9. The van der Waals surface area contributed by atoms with Crippen LogP contribution in [0, 0.1) is 0 Å². The Hall–Kier alpha value is -3.35. The number of ether oxygens (including phenoxy) is 4. The number of carbonyl (C=O) groups excluding carboxylic acids is 1. The van der Waals surface area contributed by atoms with Crippen LogP contribution in [0.5, 0.6) is 0 Å². The van der Waals surface area contributed by atoms with E-state index in [1.807, 2.05) is 6.08 Å². The molecule has 2 saturated heterocycles. The van der Waals surface area contributed by atoms with E-state index in [0.29, 0.717) is 12.8 Å². The van der Waals surface area contributed by atoms with Crippen molar-refractivity contribution in [2.75, 3.05) is 19.8 Å². The molecule has 0 aliphatic carbocycles. The molecule has 0 radical (unpaired) electrons. The minimum Gasteiger partial charge on any atom is -0.394 e. The van der Waals surface area contributed by atoms with E-state index < -0.39 is 86.8 Å². The van der Waals surface area contributed by atoms with E-state index in [1.54, 1.807) is 6.08 Å². The van der Waals surface area contributed by atoms with Gasteiger partial charge in [-0.1, -0.05) is 303 Å². The molecule has 2 fully saturated rings. The Morgan fingerprint density at radius 1 is 0.394 bits per heavy atom. The summed E-state index contributed by atoms with van der Waals surface area (Å²) in [5, 5.41) is 87.4. The van der Waals surface area contributed by atoms with E-state index in [9.17, 15) is 45.6 Å². The van der Waals surface area contributed by atoms with E-state index >= 15 is 0 Å². The minimum atomic E-state index is -1.80. The van der Waals surface area contributed by atoms with Gasteiger partial charge in [0.25, 0.3) is 0 Å². The van der Waals surface area contributed by atoms with Crippen LogP contribution in [0.15, 0.2) is 109 Å². The second kappa shape index (κ2) is 63.1. The number of hydrogen-bond acceptors (Lipinski definition) is 13. The van der Waals surface area contributed by atoms with Crippen LogP contribution in [0.25, 0.3) is 0 Å². The molecule has 0 aromatic rings. The fraction of sp³-hybridized carbons (Fsp3) is 0.762. The van der Waals surface area contributed by atoms with E-state index in [-0.39, 0.29) is 18.9 Å². The van der Waals surface area contributed by atoms with Crippen LogP contribution < -0.4 is 5.32 Å². The molecule has 9 N–H and O–H groups in total. The van der Waals surface area contributed by atoms with E-state index in [1.165, 1.54) is 180 Å². The molecule has 0 aromatic carbocycles. The zero-order chi connectivity index (χ0) is 68.0. The summed E-state index contributed by atoms with van der Waals surface area (Å²) in [5.74, 6) is -0.252. The first-order chi connectivity index (χ1) is 46.1. The highest BCUT2D eigenvalue weighted by atomic mass is 16.7. The maximum atomic E-state index is 13.3. The molecular weight excluding hydrogens is 1180 g/mol. The Labute approximate surface area is 572 Å². The van der Waals surface area contributed by atoms with Crippen molar-refractivity contribution in [3.63, 3.8) is 0 Å². The first-order valence-electron chi connectivity index (χ1n) is 38.1. The Balaban J connectivity index is 1.59. The summed E-state index contributed by atoms with van der Waals surface area (Å²) in [7, 11) is 0. The van der Waals surface area contributed by atoms with Crippen molar-refractivity contribution in [1.82, 2.24) is 5.32 Å². The van der Waals surface area contributed by atoms with Crippen molar-refractivity contribution in [2.24, 2.45) is 0 Å². The Bertz CT molecular complexity index is 2000. The van der Waals surface area contributed by atoms with Gasteiger partial charge in [-0.3, -0.25) is 4.79 Å². The van der Waals surface area contributed by atoms with Gasteiger partial charge < -0.3 is 65.1 Å². The molecule has 0 bridgehead atoms. The monoisotopic (exact) mass is 1320 g/mol. The number of rotatable bonds is 62. The average Bonchev–Trinajstić information content (AvgIpc) is 0.794. The van der Waals surface area contributed by atoms with Gasteiger partial charge >= 0.3 is 0 Å². The largest absolute Gasteiger partial charge is 0.394 e. The molecule has 14 heteroatoms. The molecule has 2 aliphatic heterocycles. The van der Waals surface area contributed by atoms with Crippen molar-refractivity contribution < 1.29 is 64.6 Å². The Kier molecular flexibility index (Phi) is 58.2. The van der Waals surface area contributed by atoms with Crippen LogP contribution in [0.1, 0.15) is 296 Å². The normalized spacial score (nSPS) is 23.1. The molecular formula is C80H139NO13. The molecule has 542 valence electrons. The summed E-state index contributed by atoms with van der Waals surface area (Å²) >= 11 is 0. The lowest BCUT2D eigenvalue weighted by molar-refractivity contribution is -0.359. The van der Waals surface area contributed by atoms with Gasteiger partial charge in [-0.05, 0) is 96.3 Å². The van der Waals surface area contributed by atoms with Gasteiger partial charge in [0.15, 0.2) is 12.6 Å². The number of carbonyl (C=O) groups is 1. The highest BCUT2D eigenvalue weighted by Crippen LogP contribution is 2.30. The molecule has 0 aromatic heterocycles. The van der Waals surface area contributed by atoms with Crippen LogP contribution in [0.3, 0.4) is 0 Å². The summed E-state index contributed by atoms with van der Waals surface area (Å²) in [6.07, 6.45) is 74.6. The third-order valence-corrected chi connectivity index (χ3v) is 17.9. The second-order valence-electron chi connectivity index (χ2n) is 26.4. The predicted octanol–water partition coefficient (Wildman–Crippen LogP) is 16.7. The lowest BCUT2D eigenvalue weighted by Gasteiger charge is -2.46. The van der Waals surface area contributed by atoms with Crippen LogP contribution in [0.4, 0.5) is 0 Å². The first-order valence-corrected chi connectivity index (χ1v) is 38.1. The van der Waals surface area contributed by atoms with Crippen LogP contribution in [0.2, 0.25) is 0 Å². The Morgan fingerprint density at radius 3 is 1.17 bits per heavy atom. The number of aliphatic hydroxyl groups excluding tert-OH is 8. The predicted molar refractivity (Wildman–Crippen MR) is 387 cm³/mol. The number of hydrogen-bond donors (Lipinski definition) is 9. The molecule has 2 aliphatic rings. The van der Waals surface area contributed by atoms with Crippen molar-refractivity contribution in [3.8, 4) is 0 Å². The molecule has 12 unspecified atom stereocenters. The molecule has 1 amide bonds. The van der Waals surface area contributed by atoms with Crippen LogP contribution >= 0.6 is 0 Å². The molecule has 14 nitrogen and oxygen atoms in total. The zero-order valence-corrected chi connectivity index (χ0v) is 59.2. The van der Waals surface area contributed by atoms with Gasteiger partial charge in [0.05, 0.1) is 32.0 Å². The lowest BCUT2D eigenvalue weighted by atomic mass is 9.97. The SMILES string of the molecule is CC/C=C\C/C=C\C/C=C\C/C=C\C/C=C\C/C=C\CCCCCCCCCCCCCCCCCCCCCCCCC(=O)NC(COC1OC(CO)C(OC2OC(CO)C(O)C(O)C2O)C(O)C1O)C(O)/C=C/CC/C=C/CC/C=C/CCCCCCCCCCC. The van der Waals surface area contributed by atoms with E-state index in [0.717, 1.165) is 83.5 Å². The molecule has 94 heavy (non-hydrogen) atoms. The van der Waals surface area contributed by atoms with Gasteiger partial charge in [-0.25, -0.2) is 0 Å². The van der Waals surface area contributed by atoms with E-state index in [4.69, 9.17) is 18.9 Å². The topological polar surface area (TPSA) is 228 Å². The quantitative estimate of drug-likeness (QED) is 0.0204. The number of aliphatic hydroxyl groups is 8. The summed E-state index contributed by atoms with van der Waals surface area (Å²) in [5.41, 5.74) is 0. The second-order valence-corrected chi connectivity index (χ2v) is 26.4. The number of amides is 1. The molecule has 12 atom stereocenters. The zero-order valence-electron chi connectivity index (χ0n) is 59.2. The first kappa shape index (κ1) is 86.7. The average molecular weight is 1320 g/mol. The number of unbranched alkanes of at least 4 members (excludes halogenated alkanes) is 33. The molecule has 2 rings (SSSR count). The number of nitrogens with one attached hydrogen (secondary N) is 1. The van der Waals surface area contributed by atoms with Crippen LogP contribution in [-0.4, -0.2) is 140 Å². The summed E-state index contributed by atoms with van der Waals surface area (Å²) in [6.45, 7) is 2.68. The smallest absolute Gasteiger partial charge is 0.220 e. The van der Waals surface area contributed by atoms with Gasteiger partial charge in [0, 0.05) is 6.42 Å². The van der Waals surface area contributed by atoms with Crippen LogP contribution in [-0.2, 0) is 23.7 Å². The van der Waals surface area contributed by atoms with Gasteiger partial charge in [-0.2, -0.15) is 0 Å². The third kappa shape index (κ3) is 46.0. The highest BCUT2D eigenvalue weighted by molar-refractivity contribution is 5.76. The van der Waals surface area contributed by atoms with Crippen molar-refractivity contribution in [3.05, 3.63) is 109 Å². The summed E-state index contributed by atoms with van der Waals surface area (Å²) < 4.78 is 22.8. The number of allylic oxidation sites excluding steroid dienone is 17. The van der Waals surface area contributed by atoms with Gasteiger partial charge in [-0.15, -0.1) is 0 Å². The Morgan fingerprint density at radius 2 is 0.745 bits per heavy atom. The molecule has 0 saturated carbocycles. The van der Waals surface area contributed by atoms with Gasteiger partial charge in [0.2, 0.25) is 5.91 Å². The van der Waals surface area contributed by atoms with Gasteiger partial charge in [0.1, 0.15) is 48.8 Å². The summed E-state index contributed by atoms with van der Waals surface area (Å²) in [6, 6.07) is -0.942. The minimum absolute atomic E-state index is 0.252. The molecule has 2 heterocycles. The van der Waals surface area contributed by atoms with Crippen molar-refractivity contribution in [2.45, 2.75) is 370 Å². The standard InChI is InChI=1S/C80H139NO13/c1-3-5-7-9-11-13-15-17-19-21-23-24-25-26-27-28-29-30-31-32-33-34-35-36-37-38-39-40-41-42-43-44-46-48-50-52-54-56-58-60-62-64-72(85)81-68(69(84)63-61-59-57-55-53-51-49-47-45-22-20-18-16-14-12-10-8-6-4-2)67-91-79-77(90)75(88)78(71(66-83)93-79)94-80-76(89)74(87)73(86)70(65-82)92-80/h5,7,11,13,17,19,23-24,26-27,29-30,45,47,53,55,61,63,68-71,73-80,82-84,86-90H,3-4,6,8-10,12,14-16,18,20-22,25,28,31-44,46,48-52,54,56-60,62,64-67H2,1-2H3,(H,81,85)/b7-5-,13-11-,19-17-,24-23-,27-26-,30-29-,47-45+,55-53+,63-61+. The van der Waals surface area contributed by atoms with Crippen molar-refractivity contribution in [1.29, 1.82) is 0 Å². The summed E-state index contributed by atoms with van der Waals surface area (Å²) in [4.78, 5) is 13.3. The maximum absolute atomic E-state index is 13.3. The third-order valence-electron chi connectivity index (χ3n) is 17.9. The fourth-order valence-electron chi connectivity index (χ4n) is 11.9. The maximum Gasteiger partial charge on any atom is 0.220 e. The van der Waals surface area contributed by atoms with E-state index in [2.05, 4.69) is 116 Å². The molecule has 0 spiro atoms. The lowest BCUT2D eigenvalue weighted by Crippen LogP contribution is -2.65. The highest BCUT2D eigenvalue weighted by Gasteiger charge is 2.51.